The number of esters is 1. The molecule has 0 aliphatic rings. The van der Waals surface area contributed by atoms with E-state index in [1.807, 2.05) is 0 Å². The van der Waals surface area contributed by atoms with Gasteiger partial charge >= 0.3 is 5.97 Å². The van der Waals surface area contributed by atoms with Crippen molar-refractivity contribution in [3.63, 3.8) is 0 Å². The molecule has 0 fully saturated rings. The molecular formula is C17H36ClNO4. The minimum Gasteiger partial charge on any atom is -1.00 e. The number of unbranched alkanes of at least 4 members (excludes halogenated alkanes) is 8. The molecule has 0 spiro atoms. The molecule has 5 nitrogen and oxygen atoms in total. The summed E-state index contributed by atoms with van der Waals surface area (Å²) in [5, 5.41) is 19.4. The Morgan fingerprint density at radius 1 is 0.913 bits per heavy atom. The molecular weight excluding hydrogens is 318 g/mol. The number of rotatable bonds is 14. The second-order valence-corrected chi connectivity index (χ2v) is 6.03. The Balaban J connectivity index is 0. The van der Waals surface area contributed by atoms with Gasteiger partial charge in [0.15, 0.2) is 0 Å². The van der Waals surface area contributed by atoms with Crippen LogP contribution in [0, 0.1) is 0 Å². The van der Waals surface area contributed by atoms with Gasteiger partial charge in [0.05, 0.1) is 0 Å². The summed E-state index contributed by atoms with van der Waals surface area (Å²) in [6, 6.07) is 0. The van der Waals surface area contributed by atoms with Crippen LogP contribution in [0.5, 0.6) is 0 Å². The molecule has 0 saturated heterocycles. The van der Waals surface area contributed by atoms with Gasteiger partial charge < -0.3 is 17.1 Å². The van der Waals surface area contributed by atoms with Gasteiger partial charge in [0.1, 0.15) is 6.54 Å². The fourth-order valence-corrected chi connectivity index (χ4v) is 2.45. The standard InChI is InChI=1S/C17H36NO4.ClH/c1-4-7-8-9-10-11-12-13-14-15-17(19)22-16(5-2)18(20,21)6-3;/h16,20-21H,4-15H2,1-3H3;1H/q+1;/p-1. The van der Waals surface area contributed by atoms with Gasteiger partial charge in [-0.25, -0.2) is 0 Å². The first-order chi connectivity index (χ1) is 10.5. The zero-order valence-corrected chi connectivity index (χ0v) is 15.9. The van der Waals surface area contributed by atoms with Gasteiger partial charge in [-0.15, -0.1) is 0 Å². The van der Waals surface area contributed by atoms with Crippen molar-refractivity contribution in [2.45, 2.75) is 97.6 Å². The predicted molar refractivity (Wildman–Crippen MR) is 86.4 cm³/mol. The van der Waals surface area contributed by atoms with Crippen LogP contribution in [-0.4, -0.2) is 34.0 Å². The quantitative estimate of drug-likeness (QED) is 0.164. The average Bonchev–Trinajstić information content (AvgIpc) is 2.50. The Morgan fingerprint density at radius 2 is 1.39 bits per heavy atom. The summed E-state index contributed by atoms with van der Waals surface area (Å²) in [6.45, 7) is 5.71. The van der Waals surface area contributed by atoms with E-state index in [0.29, 0.717) is 12.8 Å². The van der Waals surface area contributed by atoms with Crippen molar-refractivity contribution in [2.75, 3.05) is 6.54 Å². The molecule has 1 unspecified atom stereocenters. The van der Waals surface area contributed by atoms with Crippen molar-refractivity contribution in [3.05, 3.63) is 0 Å². The average molecular weight is 354 g/mol. The summed E-state index contributed by atoms with van der Waals surface area (Å²) in [5.74, 6) is -0.339. The highest BCUT2D eigenvalue weighted by Crippen LogP contribution is 2.14. The maximum atomic E-state index is 11.7. The van der Waals surface area contributed by atoms with Crippen molar-refractivity contribution in [3.8, 4) is 0 Å². The Kier molecular flexibility index (Phi) is 16.4. The fraction of sp³-hybridized carbons (Fsp3) is 0.941. The lowest BCUT2D eigenvalue weighted by Crippen LogP contribution is -3.00. The number of hydrogen-bond donors (Lipinski definition) is 2. The molecule has 6 heteroatoms. The van der Waals surface area contributed by atoms with Gasteiger partial charge in [0.25, 0.3) is 6.23 Å². The van der Waals surface area contributed by atoms with Crippen molar-refractivity contribution >= 4 is 5.97 Å². The minimum absolute atomic E-state index is 0. The first-order valence-electron chi connectivity index (χ1n) is 9.00. The molecule has 0 amide bonds. The summed E-state index contributed by atoms with van der Waals surface area (Å²) in [5.41, 5.74) is 0. The van der Waals surface area contributed by atoms with Crippen LogP contribution in [0.25, 0.3) is 0 Å². The van der Waals surface area contributed by atoms with Crippen LogP contribution in [-0.2, 0) is 9.53 Å². The van der Waals surface area contributed by atoms with E-state index >= 15 is 0 Å². The summed E-state index contributed by atoms with van der Waals surface area (Å²) < 4.78 is 5.16. The number of nitrogens with zero attached hydrogens (tertiary/aromatic N) is 1. The first kappa shape index (κ1) is 24.9. The molecule has 0 aromatic heterocycles. The van der Waals surface area contributed by atoms with Gasteiger partial charge in [0, 0.05) is 12.8 Å². The third-order valence-corrected chi connectivity index (χ3v) is 4.03. The van der Waals surface area contributed by atoms with Gasteiger partial charge in [-0.05, 0) is 18.2 Å². The largest absolute Gasteiger partial charge is 1.00 e. The molecule has 0 heterocycles. The number of quaternary nitrogens is 1. The van der Waals surface area contributed by atoms with Crippen LogP contribution in [0.4, 0.5) is 0 Å². The molecule has 0 aliphatic heterocycles. The molecule has 0 rings (SSSR count). The van der Waals surface area contributed by atoms with Crippen LogP contribution in [0.3, 0.4) is 0 Å². The van der Waals surface area contributed by atoms with E-state index in [1.54, 1.807) is 13.8 Å². The summed E-state index contributed by atoms with van der Waals surface area (Å²) in [7, 11) is 0. The Labute approximate surface area is 147 Å². The van der Waals surface area contributed by atoms with Crippen LogP contribution < -0.4 is 12.4 Å². The summed E-state index contributed by atoms with van der Waals surface area (Å²) in [6.07, 6.45) is 10.6. The van der Waals surface area contributed by atoms with E-state index in [1.165, 1.54) is 38.5 Å². The lowest BCUT2D eigenvalue weighted by Gasteiger charge is -2.27. The smallest absolute Gasteiger partial charge is 0.310 e. The molecule has 0 radical (unpaired) electrons. The van der Waals surface area contributed by atoms with Gasteiger partial charge in [-0.3, -0.25) is 4.79 Å². The summed E-state index contributed by atoms with van der Waals surface area (Å²) >= 11 is 0. The van der Waals surface area contributed by atoms with Crippen LogP contribution in [0.2, 0.25) is 0 Å². The Bertz CT molecular complexity index is 288. The van der Waals surface area contributed by atoms with Gasteiger partial charge in [-0.1, -0.05) is 65.2 Å². The number of ether oxygens (including phenoxy) is 1. The van der Waals surface area contributed by atoms with E-state index in [2.05, 4.69) is 6.92 Å². The second-order valence-electron chi connectivity index (χ2n) is 6.03. The highest BCUT2D eigenvalue weighted by Gasteiger charge is 2.35. The van der Waals surface area contributed by atoms with Crippen molar-refractivity contribution < 1.29 is 37.2 Å². The van der Waals surface area contributed by atoms with Gasteiger partial charge in [0.2, 0.25) is 0 Å². The third-order valence-electron chi connectivity index (χ3n) is 4.03. The normalized spacial score (nSPS) is 12.6. The van der Waals surface area contributed by atoms with E-state index in [-0.39, 0.29) is 24.9 Å². The topological polar surface area (TPSA) is 66.8 Å². The predicted octanol–water partition coefficient (Wildman–Crippen LogP) is 1.81. The lowest BCUT2D eigenvalue weighted by atomic mass is 10.1. The van der Waals surface area contributed by atoms with E-state index in [9.17, 15) is 15.2 Å². The SMILES string of the molecule is CCCCCCCCCCCC(=O)OC(CC)[N+](O)(O)CC.[Cl-]. The Morgan fingerprint density at radius 3 is 1.83 bits per heavy atom. The van der Waals surface area contributed by atoms with E-state index < -0.39 is 11.0 Å². The molecule has 23 heavy (non-hydrogen) atoms. The number of carbonyl (C=O) groups is 1. The molecule has 0 aromatic carbocycles. The Hall–Kier alpha value is -0.360. The van der Waals surface area contributed by atoms with Crippen molar-refractivity contribution in [2.24, 2.45) is 0 Å². The molecule has 140 valence electrons. The van der Waals surface area contributed by atoms with E-state index in [0.717, 1.165) is 19.3 Å². The number of hydrogen-bond acceptors (Lipinski definition) is 4. The van der Waals surface area contributed by atoms with Crippen LogP contribution >= 0.6 is 0 Å². The molecule has 0 aliphatic carbocycles. The second kappa shape index (κ2) is 15.2. The number of hydroxylamine groups is 4. The molecule has 0 aromatic rings. The molecule has 0 saturated carbocycles. The van der Waals surface area contributed by atoms with Crippen LogP contribution in [0.1, 0.15) is 91.4 Å². The monoisotopic (exact) mass is 353 g/mol. The maximum absolute atomic E-state index is 11.7. The summed E-state index contributed by atoms with van der Waals surface area (Å²) in [4.78, 5) is 10.5. The number of carbonyl (C=O) groups excluding carboxylic acids is 1. The third kappa shape index (κ3) is 12.7. The van der Waals surface area contributed by atoms with Gasteiger partial charge in [-0.2, -0.15) is 10.4 Å². The molecule has 0 bridgehead atoms. The molecule has 2 N–H and O–H groups in total. The lowest BCUT2D eigenvalue weighted by molar-refractivity contribution is -1.27. The van der Waals surface area contributed by atoms with Crippen molar-refractivity contribution in [1.29, 1.82) is 0 Å². The minimum atomic E-state index is -1.25. The highest BCUT2D eigenvalue weighted by atomic mass is 35.5. The zero-order chi connectivity index (χ0) is 16.8. The number of halogens is 1. The van der Waals surface area contributed by atoms with E-state index in [4.69, 9.17) is 4.74 Å². The first-order valence-corrected chi connectivity index (χ1v) is 9.00. The highest BCUT2D eigenvalue weighted by molar-refractivity contribution is 5.69. The molecule has 1 atom stereocenters. The van der Waals surface area contributed by atoms with Crippen molar-refractivity contribution in [1.82, 2.24) is 0 Å². The fourth-order valence-electron chi connectivity index (χ4n) is 2.45. The van der Waals surface area contributed by atoms with Crippen LogP contribution in [0.15, 0.2) is 0 Å². The zero-order valence-electron chi connectivity index (χ0n) is 15.1. The maximum Gasteiger partial charge on any atom is 0.310 e.